The molecule has 0 aromatic heterocycles. The van der Waals surface area contributed by atoms with Gasteiger partial charge in [-0.05, 0) is 30.2 Å². The summed E-state index contributed by atoms with van der Waals surface area (Å²) >= 11 is 0. The normalized spacial score (nSPS) is 12.9. The summed E-state index contributed by atoms with van der Waals surface area (Å²) in [6.45, 7) is 1.37. The second-order valence-electron chi connectivity index (χ2n) is 4.48. The number of hydrogen-bond donors (Lipinski definition) is 1. The highest BCUT2D eigenvalue weighted by molar-refractivity contribution is 7.89. The van der Waals surface area contributed by atoms with Crippen LogP contribution in [0.15, 0.2) is 23.1 Å². The summed E-state index contributed by atoms with van der Waals surface area (Å²) in [6.07, 6.45) is -5.56. The van der Waals surface area contributed by atoms with Crippen LogP contribution in [0.3, 0.4) is 0 Å². The van der Waals surface area contributed by atoms with E-state index in [2.05, 4.69) is 0 Å². The van der Waals surface area contributed by atoms with Crippen molar-refractivity contribution in [1.29, 1.82) is 0 Å². The summed E-state index contributed by atoms with van der Waals surface area (Å²) in [5, 5.41) is 0. The maximum absolute atomic E-state index is 12.1. The predicted octanol–water partition coefficient (Wildman–Crippen LogP) is 2.03. The highest BCUT2D eigenvalue weighted by atomic mass is 32.2. The smallest absolute Gasteiger partial charge is 0.326 e. The minimum atomic E-state index is -4.39. The molecule has 0 fully saturated rings. The summed E-state index contributed by atoms with van der Waals surface area (Å²) in [5.74, 6) is 0. The van der Waals surface area contributed by atoms with Crippen LogP contribution in [0.5, 0.6) is 0 Å². The van der Waals surface area contributed by atoms with Gasteiger partial charge in [-0.1, -0.05) is 6.07 Å². The van der Waals surface area contributed by atoms with E-state index in [1.54, 1.807) is 13.0 Å². The molecule has 1 aromatic rings. The van der Waals surface area contributed by atoms with Gasteiger partial charge in [-0.3, -0.25) is 0 Å². The van der Waals surface area contributed by atoms with Crippen LogP contribution in [-0.4, -0.2) is 32.5 Å². The van der Waals surface area contributed by atoms with Gasteiger partial charge in [0.1, 0.15) is 0 Å². The quantitative estimate of drug-likeness (QED) is 0.905. The summed E-state index contributed by atoms with van der Waals surface area (Å²) in [5.41, 5.74) is 6.97. The number of rotatable bonds is 5. The van der Waals surface area contributed by atoms with E-state index in [1.165, 1.54) is 12.1 Å². The topological polar surface area (TPSA) is 63.4 Å². The van der Waals surface area contributed by atoms with Crippen molar-refractivity contribution in [3.05, 3.63) is 29.3 Å². The molecule has 0 saturated carbocycles. The molecule has 4 nitrogen and oxygen atoms in total. The Morgan fingerprint density at radius 2 is 1.90 bits per heavy atom. The number of nitrogens with two attached hydrogens (primary N) is 1. The van der Waals surface area contributed by atoms with E-state index in [-0.39, 0.29) is 11.4 Å². The van der Waals surface area contributed by atoms with Gasteiger partial charge in [-0.25, -0.2) is 12.7 Å². The van der Waals surface area contributed by atoms with E-state index >= 15 is 0 Å². The molecule has 0 aliphatic rings. The van der Waals surface area contributed by atoms with Crippen LogP contribution in [0.1, 0.15) is 17.5 Å². The third kappa shape index (κ3) is 4.19. The highest BCUT2D eigenvalue weighted by Gasteiger charge is 2.30. The van der Waals surface area contributed by atoms with Gasteiger partial charge >= 0.3 is 6.18 Å². The molecule has 114 valence electrons. The van der Waals surface area contributed by atoms with Gasteiger partial charge in [0.25, 0.3) is 0 Å². The number of halogens is 3. The van der Waals surface area contributed by atoms with Gasteiger partial charge in [-0.15, -0.1) is 0 Å². The zero-order valence-corrected chi connectivity index (χ0v) is 12.1. The Labute approximate surface area is 116 Å². The van der Waals surface area contributed by atoms with Crippen molar-refractivity contribution in [3.63, 3.8) is 0 Å². The molecule has 0 amide bonds. The van der Waals surface area contributed by atoms with Crippen molar-refractivity contribution in [3.8, 4) is 0 Å². The van der Waals surface area contributed by atoms with E-state index in [1.807, 2.05) is 0 Å². The number of benzene rings is 1. The fourth-order valence-electron chi connectivity index (χ4n) is 1.64. The van der Waals surface area contributed by atoms with Gasteiger partial charge in [0.2, 0.25) is 10.0 Å². The lowest BCUT2D eigenvalue weighted by molar-refractivity contribution is -0.135. The first kappa shape index (κ1) is 16.9. The fraction of sp³-hybridized carbons (Fsp3) is 0.500. The van der Waals surface area contributed by atoms with Gasteiger partial charge in [0, 0.05) is 20.1 Å². The zero-order valence-electron chi connectivity index (χ0n) is 11.2. The molecular weight excluding hydrogens is 293 g/mol. The zero-order chi connectivity index (χ0) is 15.6. The lowest BCUT2D eigenvalue weighted by atomic mass is 10.1. The first-order valence-corrected chi connectivity index (χ1v) is 7.34. The molecule has 0 heterocycles. The van der Waals surface area contributed by atoms with Crippen molar-refractivity contribution in [2.45, 2.75) is 31.0 Å². The van der Waals surface area contributed by atoms with Crippen molar-refractivity contribution >= 4 is 10.0 Å². The summed E-state index contributed by atoms with van der Waals surface area (Å²) in [4.78, 5) is -0.0307. The van der Waals surface area contributed by atoms with Crippen LogP contribution in [0.2, 0.25) is 0 Å². The molecular formula is C12H17F3N2O2S. The number of aryl methyl sites for hydroxylation is 1. The Bertz CT molecular complexity index is 571. The van der Waals surface area contributed by atoms with Crippen LogP contribution in [0, 0.1) is 6.92 Å². The largest absolute Gasteiger partial charge is 0.390 e. The van der Waals surface area contributed by atoms with Crippen LogP contribution < -0.4 is 5.73 Å². The van der Waals surface area contributed by atoms with Gasteiger partial charge in [-0.2, -0.15) is 13.2 Å². The second kappa shape index (κ2) is 6.11. The molecule has 0 bridgehead atoms. The van der Waals surface area contributed by atoms with Crippen molar-refractivity contribution < 1.29 is 21.6 Å². The maximum Gasteiger partial charge on any atom is 0.390 e. The van der Waals surface area contributed by atoms with Gasteiger partial charge in [0.15, 0.2) is 0 Å². The van der Waals surface area contributed by atoms with Crippen molar-refractivity contribution in [1.82, 2.24) is 4.31 Å². The average Bonchev–Trinajstić information content (AvgIpc) is 2.34. The van der Waals surface area contributed by atoms with Crippen molar-refractivity contribution in [2.75, 3.05) is 13.6 Å². The molecule has 1 aromatic carbocycles. The highest BCUT2D eigenvalue weighted by Crippen LogP contribution is 2.23. The van der Waals surface area contributed by atoms with E-state index in [4.69, 9.17) is 5.73 Å². The average molecular weight is 310 g/mol. The number of alkyl halides is 3. The SMILES string of the molecule is Cc1cc(S(=O)(=O)N(C)CCC(F)(F)F)ccc1CN. The molecule has 0 unspecified atom stereocenters. The predicted molar refractivity (Wildman–Crippen MR) is 69.6 cm³/mol. The van der Waals surface area contributed by atoms with Crippen LogP contribution in [0.4, 0.5) is 13.2 Å². The molecule has 8 heteroatoms. The molecule has 0 atom stereocenters. The molecule has 0 aliphatic heterocycles. The van der Waals surface area contributed by atoms with E-state index in [0.29, 0.717) is 9.87 Å². The first-order chi connectivity index (χ1) is 9.08. The third-order valence-electron chi connectivity index (χ3n) is 2.95. The Balaban J connectivity index is 2.96. The molecule has 0 saturated heterocycles. The van der Waals surface area contributed by atoms with Crippen LogP contribution in [-0.2, 0) is 16.6 Å². The van der Waals surface area contributed by atoms with Crippen molar-refractivity contribution in [2.24, 2.45) is 5.73 Å². The van der Waals surface area contributed by atoms with Gasteiger partial charge in [0.05, 0.1) is 11.3 Å². The third-order valence-corrected chi connectivity index (χ3v) is 4.81. The summed E-state index contributed by atoms with van der Waals surface area (Å²) < 4.78 is 61.4. The standard InChI is InChI=1S/C12H17F3N2O2S/c1-9-7-11(4-3-10(9)8-16)20(18,19)17(2)6-5-12(13,14)15/h3-4,7H,5-6,8,16H2,1-2H3. The molecule has 20 heavy (non-hydrogen) atoms. The minimum Gasteiger partial charge on any atom is -0.326 e. The Hall–Kier alpha value is -1.12. The fourth-order valence-corrected chi connectivity index (χ4v) is 2.90. The summed E-state index contributed by atoms with van der Waals surface area (Å²) in [7, 11) is -2.78. The first-order valence-electron chi connectivity index (χ1n) is 5.90. The Kier molecular flexibility index (Phi) is 5.17. The molecule has 0 spiro atoms. The molecule has 1 rings (SSSR count). The van der Waals surface area contributed by atoms with Crippen LogP contribution in [0.25, 0.3) is 0 Å². The van der Waals surface area contributed by atoms with Crippen LogP contribution >= 0.6 is 0 Å². The minimum absolute atomic E-state index is 0.0307. The second-order valence-corrected chi connectivity index (χ2v) is 6.53. The lowest BCUT2D eigenvalue weighted by Crippen LogP contribution is -2.30. The Morgan fingerprint density at radius 3 is 2.35 bits per heavy atom. The summed E-state index contributed by atoms with van der Waals surface area (Å²) in [6, 6.07) is 4.34. The molecule has 2 N–H and O–H groups in total. The van der Waals surface area contributed by atoms with Gasteiger partial charge < -0.3 is 5.73 Å². The molecule has 0 radical (unpaired) electrons. The molecule has 0 aliphatic carbocycles. The monoisotopic (exact) mass is 310 g/mol. The number of sulfonamides is 1. The van der Waals surface area contributed by atoms with E-state index < -0.39 is 29.2 Å². The van der Waals surface area contributed by atoms with E-state index in [0.717, 1.165) is 12.6 Å². The lowest BCUT2D eigenvalue weighted by Gasteiger charge is -2.18. The Morgan fingerprint density at radius 1 is 1.30 bits per heavy atom. The maximum atomic E-state index is 12.1. The number of nitrogens with zero attached hydrogens (tertiary/aromatic N) is 1. The van der Waals surface area contributed by atoms with E-state index in [9.17, 15) is 21.6 Å². The number of hydrogen-bond acceptors (Lipinski definition) is 3.